The lowest BCUT2D eigenvalue weighted by atomic mass is 10.1. The van der Waals surface area contributed by atoms with Crippen molar-refractivity contribution in [3.63, 3.8) is 0 Å². The number of amides is 1. The summed E-state index contributed by atoms with van der Waals surface area (Å²) in [6.45, 7) is 7.35. The molecule has 0 radical (unpaired) electrons. The Kier molecular flexibility index (Phi) is 6.26. The largest absolute Gasteiger partial charge is 0.385 e. The molecular weight excluding hydrogens is 304 g/mol. The van der Waals surface area contributed by atoms with Gasteiger partial charge in [-0.3, -0.25) is 4.79 Å². The quantitative estimate of drug-likeness (QED) is 0.764. The number of nitrogens with zero attached hydrogens (tertiary/aromatic N) is 2. The van der Waals surface area contributed by atoms with E-state index in [1.807, 2.05) is 0 Å². The fourth-order valence-corrected chi connectivity index (χ4v) is 2.52. The number of methoxy groups -OCH3 is 1. The highest BCUT2D eigenvalue weighted by molar-refractivity contribution is 5.92. The van der Waals surface area contributed by atoms with E-state index in [0.717, 1.165) is 23.2 Å². The molecule has 6 heteroatoms. The number of aromatic nitrogens is 2. The van der Waals surface area contributed by atoms with Crippen molar-refractivity contribution in [1.29, 1.82) is 0 Å². The highest BCUT2D eigenvalue weighted by Crippen LogP contribution is 2.24. The van der Waals surface area contributed by atoms with Crippen LogP contribution in [0.5, 0.6) is 0 Å². The van der Waals surface area contributed by atoms with E-state index in [9.17, 15) is 4.79 Å². The number of hydrogen-bond donors (Lipinski definition) is 2. The van der Waals surface area contributed by atoms with Crippen LogP contribution in [-0.4, -0.2) is 36.1 Å². The Bertz CT molecular complexity index is 676. The number of benzene rings is 1. The summed E-state index contributed by atoms with van der Waals surface area (Å²) in [6.07, 6.45) is 3.82. The summed E-state index contributed by atoms with van der Waals surface area (Å²) in [4.78, 5) is 20.4. The number of hydrogen-bond acceptors (Lipinski definition) is 5. The number of rotatable bonds is 7. The zero-order valence-electron chi connectivity index (χ0n) is 14.6. The Balaban J connectivity index is 2.01. The second-order valence-corrected chi connectivity index (χ2v) is 5.79. The Morgan fingerprint density at radius 1 is 1.12 bits per heavy atom. The van der Waals surface area contributed by atoms with E-state index >= 15 is 0 Å². The zero-order valence-corrected chi connectivity index (χ0v) is 14.6. The van der Waals surface area contributed by atoms with Crippen LogP contribution in [0.4, 0.5) is 11.5 Å². The second kappa shape index (κ2) is 8.40. The lowest BCUT2D eigenvalue weighted by Gasteiger charge is -2.13. The van der Waals surface area contributed by atoms with Crippen molar-refractivity contribution in [3.8, 4) is 0 Å². The van der Waals surface area contributed by atoms with Gasteiger partial charge in [-0.05, 0) is 38.3 Å². The first-order chi connectivity index (χ1) is 11.5. The second-order valence-electron chi connectivity index (χ2n) is 5.79. The van der Waals surface area contributed by atoms with Gasteiger partial charge in [-0.1, -0.05) is 17.7 Å². The van der Waals surface area contributed by atoms with Crippen LogP contribution in [0.1, 0.15) is 33.6 Å². The third kappa shape index (κ3) is 4.76. The smallest absolute Gasteiger partial charge is 0.271 e. The van der Waals surface area contributed by atoms with E-state index in [1.165, 1.54) is 11.8 Å². The molecule has 2 rings (SSSR count). The zero-order chi connectivity index (χ0) is 17.5. The monoisotopic (exact) mass is 328 g/mol. The average Bonchev–Trinajstić information content (AvgIpc) is 2.55. The number of nitrogens with one attached hydrogen (secondary N) is 2. The van der Waals surface area contributed by atoms with Crippen molar-refractivity contribution in [1.82, 2.24) is 15.3 Å². The predicted molar refractivity (Wildman–Crippen MR) is 94.8 cm³/mol. The molecule has 0 aliphatic carbocycles. The van der Waals surface area contributed by atoms with Crippen LogP contribution in [-0.2, 0) is 4.74 Å². The van der Waals surface area contributed by atoms with Gasteiger partial charge < -0.3 is 15.4 Å². The molecule has 24 heavy (non-hydrogen) atoms. The number of ether oxygens (including phenoxy) is 1. The first kappa shape index (κ1) is 17.9. The molecule has 1 amide bonds. The molecule has 0 saturated carbocycles. The third-order valence-corrected chi connectivity index (χ3v) is 3.63. The molecule has 0 atom stereocenters. The van der Waals surface area contributed by atoms with E-state index in [2.05, 4.69) is 53.5 Å². The van der Waals surface area contributed by atoms with Crippen LogP contribution < -0.4 is 10.6 Å². The van der Waals surface area contributed by atoms with Crippen molar-refractivity contribution in [2.75, 3.05) is 25.6 Å². The summed E-state index contributed by atoms with van der Waals surface area (Å²) >= 11 is 0. The van der Waals surface area contributed by atoms with Crippen LogP contribution in [0.15, 0.2) is 24.5 Å². The topological polar surface area (TPSA) is 76.1 Å². The molecule has 1 aromatic carbocycles. The molecule has 0 bridgehead atoms. The number of anilines is 2. The average molecular weight is 328 g/mol. The fourth-order valence-electron chi connectivity index (χ4n) is 2.52. The van der Waals surface area contributed by atoms with Gasteiger partial charge in [0.05, 0.1) is 12.4 Å². The maximum absolute atomic E-state index is 11.9. The minimum absolute atomic E-state index is 0.229. The first-order valence-electron chi connectivity index (χ1n) is 7.95. The van der Waals surface area contributed by atoms with Gasteiger partial charge in [0.2, 0.25) is 0 Å². The van der Waals surface area contributed by atoms with Crippen molar-refractivity contribution in [2.24, 2.45) is 0 Å². The van der Waals surface area contributed by atoms with E-state index in [0.29, 0.717) is 24.7 Å². The van der Waals surface area contributed by atoms with Crippen molar-refractivity contribution in [2.45, 2.75) is 27.2 Å². The molecule has 0 aliphatic heterocycles. The highest BCUT2D eigenvalue weighted by Gasteiger charge is 2.09. The van der Waals surface area contributed by atoms with E-state index in [-0.39, 0.29) is 5.91 Å². The van der Waals surface area contributed by atoms with Gasteiger partial charge in [0.15, 0.2) is 0 Å². The maximum atomic E-state index is 11.9. The predicted octanol–water partition coefficient (Wildman–Crippen LogP) is 2.91. The van der Waals surface area contributed by atoms with Crippen molar-refractivity contribution < 1.29 is 9.53 Å². The van der Waals surface area contributed by atoms with Gasteiger partial charge in [-0.25, -0.2) is 9.97 Å². The molecule has 0 unspecified atom stereocenters. The minimum atomic E-state index is -0.229. The Morgan fingerprint density at radius 3 is 2.42 bits per heavy atom. The molecule has 0 aliphatic rings. The van der Waals surface area contributed by atoms with Crippen LogP contribution in [0.3, 0.4) is 0 Å². The summed E-state index contributed by atoms with van der Waals surface area (Å²) < 4.78 is 4.94. The van der Waals surface area contributed by atoms with Gasteiger partial charge in [0.1, 0.15) is 11.5 Å². The summed E-state index contributed by atoms with van der Waals surface area (Å²) in [6, 6.07) is 4.23. The molecule has 1 heterocycles. The molecule has 0 spiro atoms. The van der Waals surface area contributed by atoms with E-state index in [4.69, 9.17) is 4.74 Å². The first-order valence-corrected chi connectivity index (χ1v) is 7.95. The van der Waals surface area contributed by atoms with Crippen LogP contribution in [0, 0.1) is 20.8 Å². The SMILES string of the molecule is COCCCNC(=O)c1cnc(Nc2c(C)cc(C)cc2C)cn1. The summed E-state index contributed by atoms with van der Waals surface area (Å²) in [5.41, 5.74) is 4.84. The standard InChI is InChI=1S/C18H24N4O2/c1-12-8-13(2)17(14(3)9-12)22-16-11-20-15(10-21-16)18(23)19-6-5-7-24-4/h8-11H,5-7H2,1-4H3,(H,19,23)(H,21,22). The van der Waals surface area contributed by atoms with Crippen LogP contribution in [0.25, 0.3) is 0 Å². The third-order valence-electron chi connectivity index (χ3n) is 3.63. The molecule has 2 aromatic rings. The van der Waals surface area contributed by atoms with Crippen molar-refractivity contribution in [3.05, 3.63) is 46.9 Å². The van der Waals surface area contributed by atoms with Gasteiger partial charge >= 0.3 is 0 Å². The molecule has 0 fully saturated rings. The summed E-state index contributed by atoms with van der Waals surface area (Å²) in [7, 11) is 1.64. The van der Waals surface area contributed by atoms with Crippen LogP contribution in [0.2, 0.25) is 0 Å². The maximum Gasteiger partial charge on any atom is 0.271 e. The minimum Gasteiger partial charge on any atom is -0.385 e. The van der Waals surface area contributed by atoms with Crippen molar-refractivity contribution >= 4 is 17.4 Å². The Hall–Kier alpha value is -2.47. The molecule has 6 nitrogen and oxygen atoms in total. The molecule has 1 aromatic heterocycles. The molecular formula is C18H24N4O2. The van der Waals surface area contributed by atoms with Gasteiger partial charge in [-0.15, -0.1) is 0 Å². The Morgan fingerprint density at radius 2 is 1.83 bits per heavy atom. The highest BCUT2D eigenvalue weighted by atomic mass is 16.5. The van der Waals surface area contributed by atoms with Gasteiger partial charge in [0.25, 0.3) is 5.91 Å². The molecule has 128 valence electrons. The lowest BCUT2D eigenvalue weighted by Crippen LogP contribution is -2.26. The normalized spacial score (nSPS) is 10.5. The Labute approximate surface area is 142 Å². The number of carbonyl (C=O) groups is 1. The number of aryl methyl sites for hydroxylation is 3. The molecule has 0 saturated heterocycles. The lowest BCUT2D eigenvalue weighted by molar-refractivity contribution is 0.0943. The fraction of sp³-hybridized carbons (Fsp3) is 0.389. The summed E-state index contributed by atoms with van der Waals surface area (Å²) in [5.74, 6) is 0.383. The van der Waals surface area contributed by atoms with E-state index in [1.54, 1.807) is 13.3 Å². The summed E-state index contributed by atoms with van der Waals surface area (Å²) in [5, 5.41) is 6.06. The van der Waals surface area contributed by atoms with Gasteiger partial charge in [-0.2, -0.15) is 0 Å². The van der Waals surface area contributed by atoms with Crippen LogP contribution >= 0.6 is 0 Å². The number of carbonyl (C=O) groups excluding carboxylic acids is 1. The van der Waals surface area contributed by atoms with E-state index < -0.39 is 0 Å². The molecule has 2 N–H and O–H groups in total. The van der Waals surface area contributed by atoms with Gasteiger partial charge in [0, 0.05) is 25.9 Å².